The molecule has 1 saturated carbocycles. The predicted molar refractivity (Wildman–Crippen MR) is 65.6 cm³/mol. The van der Waals surface area contributed by atoms with Gasteiger partial charge in [-0.2, -0.15) is 0 Å². The van der Waals surface area contributed by atoms with Gasteiger partial charge in [0.25, 0.3) is 0 Å². The van der Waals surface area contributed by atoms with Gasteiger partial charge in [0, 0.05) is 31.4 Å². The number of hydrogen-bond acceptors (Lipinski definition) is 3. The Morgan fingerprint density at radius 3 is 2.94 bits per heavy atom. The lowest BCUT2D eigenvalue weighted by atomic mass is 10.1. The van der Waals surface area contributed by atoms with E-state index in [0.717, 1.165) is 12.6 Å². The van der Waals surface area contributed by atoms with Crippen LogP contribution in [0.2, 0.25) is 0 Å². The summed E-state index contributed by atoms with van der Waals surface area (Å²) in [7, 11) is 0. The number of nitrogens with one attached hydrogen (secondary N) is 1. The lowest BCUT2D eigenvalue weighted by Gasteiger charge is -2.34. The Hall–Kier alpha value is -1.09. The zero-order valence-electron chi connectivity index (χ0n) is 9.60. The van der Waals surface area contributed by atoms with E-state index in [2.05, 4.69) is 21.3 Å². The molecule has 3 rings (SSSR count). The molecule has 2 fully saturated rings. The molecule has 2 aliphatic rings. The van der Waals surface area contributed by atoms with Crippen molar-refractivity contribution in [1.82, 2.24) is 10.3 Å². The number of anilines is 1. The van der Waals surface area contributed by atoms with Gasteiger partial charge in [-0.25, -0.2) is 0 Å². The molecule has 0 aromatic carbocycles. The summed E-state index contributed by atoms with van der Waals surface area (Å²) in [6.07, 6.45) is 9.19. The average molecular weight is 217 g/mol. The standard InChI is InChI=1S/C13H19N3/c1-4-13(9-14-7-1)16-8-2-3-12(10-16)15-11-5-6-11/h1,4,7,9,11-12,15H,2-3,5-6,8,10H2. The van der Waals surface area contributed by atoms with E-state index in [1.54, 1.807) is 0 Å². The summed E-state index contributed by atoms with van der Waals surface area (Å²) in [4.78, 5) is 6.65. The maximum Gasteiger partial charge on any atom is 0.0553 e. The van der Waals surface area contributed by atoms with Crippen LogP contribution in [0.25, 0.3) is 0 Å². The fraction of sp³-hybridized carbons (Fsp3) is 0.615. The zero-order valence-corrected chi connectivity index (χ0v) is 9.60. The monoisotopic (exact) mass is 217 g/mol. The summed E-state index contributed by atoms with van der Waals surface area (Å²) < 4.78 is 0. The molecule has 0 radical (unpaired) electrons. The Bertz CT molecular complexity index is 334. The molecule has 1 N–H and O–H groups in total. The molecule has 3 nitrogen and oxygen atoms in total. The van der Waals surface area contributed by atoms with E-state index in [-0.39, 0.29) is 0 Å². The summed E-state index contributed by atoms with van der Waals surface area (Å²) in [6, 6.07) is 5.68. The highest BCUT2D eigenvalue weighted by Crippen LogP contribution is 2.23. The first-order chi connectivity index (χ1) is 7.92. The molecule has 1 atom stereocenters. The van der Waals surface area contributed by atoms with E-state index in [0.29, 0.717) is 6.04 Å². The molecule has 1 aliphatic heterocycles. The SMILES string of the molecule is c1cncc(N2CCCC(NC3CC3)C2)c1. The molecular weight excluding hydrogens is 198 g/mol. The van der Waals surface area contributed by atoms with E-state index < -0.39 is 0 Å². The van der Waals surface area contributed by atoms with Gasteiger partial charge in [-0.05, 0) is 37.8 Å². The van der Waals surface area contributed by atoms with Crippen molar-refractivity contribution in [1.29, 1.82) is 0 Å². The maximum absolute atomic E-state index is 4.20. The molecule has 0 bridgehead atoms. The van der Waals surface area contributed by atoms with Gasteiger partial charge in [-0.3, -0.25) is 4.98 Å². The van der Waals surface area contributed by atoms with Crippen LogP contribution in [0.3, 0.4) is 0 Å². The van der Waals surface area contributed by atoms with E-state index in [9.17, 15) is 0 Å². The number of pyridine rings is 1. The van der Waals surface area contributed by atoms with E-state index in [1.165, 1.54) is 37.9 Å². The first-order valence-electron chi connectivity index (χ1n) is 6.33. The molecular formula is C13H19N3. The molecule has 86 valence electrons. The van der Waals surface area contributed by atoms with Crippen LogP contribution in [0.5, 0.6) is 0 Å². The second-order valence-electron chi connectivity index (χ2n) is 4.94. The van der Waals surface area contributed by atoms with Crippen LogP contribution >= 0.6 is 0 Å². The fourth-order valence-electron chi connectivity index (χ4n) is 2.47. The summed E-state index contributed by atoms with van der Waals surface area (Å²) in [6.45, 7) is 2.32. The largest absolute Gasteiger partial charge is 0.369 e. The third kappa shape index (κ3) is 2.35. The smallest absolute Gasteiger partial charge is 0.0553 e. The fourth-order valence-corrected chi connectivity index (χ4v) is 2.47. The minimum Gasteiger partial charge on any atom is -0.369 e. The number of nitrogens with zero attached hydrogens (tertiary/aromatic N) is 2. The number of aromatic nitrogens is 1. The lowest BCUT2D eigenvalue weighted by Crippen LogP contribution is -2.46. The van der Waals surface area contributed by atoms with Crippen LogP contribution in [-0.2, 0) is 0 Å². The molecule has 1 saturated heterocycles. The normalized spacial score (nSPS) is 25.8. The summed E-state index contributed by atoms with van der Waals surface area (Å²) >= 11 is 0. The van der Waals surface area contributed by atoms with Crippen molar-refractivity contribution in [2.75, 3.05) is 18.0 Å². The summed E-state index contributed by atoms with van der Waals surface area (Å²) in [5, 5.41) is 3.73. The first-order valence-corrected chi connectivity index (χ1v) is 6.33. The van der Waals surface area contributed by atoms with Crippen LogP contribution < -0.4 is 10.2 Å². The third-order valence-corrected chi connectivity index (χ3v) is 3.48. The quantitative estimate of drug-likeness (QED) is 0.837. The van der Waals surface area contributed by atoms with Crippen molar-refractivity contribution in [3.05, 3.63) is 24.5 Å². The second kappa shape index (κ2) is 4.42. The van der Waals surface area contributed by atoms with Gasteiger partial charge >= 0.3 is 0 Å². The minimum atomic E-state index is 0.682. The highest BCUT2D eigenvalue weighted by atomic mass is 15.2. The molecule has 1 aromatic heterocycles. The Labute approximate surface area is 96.9 Å². The third-order valence-electron chi connectivity index (χ3n) is 3.48. The van der Waals surface area contributed by atoms with Crippen LogP contribution in [0, 0.1) is 0 Å². The van der Waals surface area contributed by atoms with Crippen LogP contribution in [-0.4, -0.2) is 30.2 Å². The van der Waals surface area contributed by atoms with Crippen molar-refractivity contribution in [3.8, 4) is 0 Å². The summed E-state index contributed by atoms with van der Waals surface area (Å²) in [5.41, 5.74) is 1.27. The Morgan fingerprint density at radius 2 is 2.19 bits per heavy atom. The molecule has 1 aromatic rings. The maximum atomic E-state index is 4.20. The Kier molecular flexibility index (Phi) is 2.79. The van der Waals surface area contributed by atoms with E-state index in [1.807, 2.05) is 18.5 Å². The van der Waals surface area contributed by atoms with Gasteiger partial charge in [0.1, 0.15) is 0 Å². The second-order valence-corrected chi connectivity index (χ2v) is 4.94. The summed E-state index contributed by atoms with van der Waals surface area (Å²) in [5.74, 6) is 0. The van der Waals surface area contributed by atoms with Crippen LogP contribution in [0.15, 0.2) is 24.5 Å². The van der Waals surface area contributed by atoms with E-state index >= 15 is 0 Å². The van der Waals surface area contributed by atoms with Gasteiger partial charge in [-0.15, -0.1) is 0 Å². The topological polar surface area (TPSA) is 28.2 Å². The van der Waals surface area contributed by atoms with Gasteiger partial charge < -0.3 is 10.2 Å². The molecule has 3 heteroatoms. The highest BCUT2D eigenvalue weighted by molar-refractivity contribution is 5.44. The van der Waals surface area contributed by atoms with Crippen LogP contribution in [0.4, 0.5) is 5.69 Å². The van der Waals surface area contributed by atoms with Gasteiger partial charge in [-0.1, -0.05) is 0 Å². The average Bonchev–Trinajstić information content (AvgIpc) is 3.15. The first kappa shape index (κ1) is 10.1. The van der Waals surface area contributed by atoms with E-state index in [4.69, 9.17) is 0 Å². The van der Waals surface area contributed by atoms with Crippen molar-refractivity contribution < 1.29 is 0 Å². The molecule has 16 heavy (non-hydrogen) atoms. The molecule has 0 amide bonds. The van der Waals surface area contributed by atoms with Crippen molar-refractivity contribution in [2.24, 2.45) is 0 Å². The van der Waals surface area contributed by atoms with Crippen molar-refractivity contribution >= 4 is 5.69 Å². The molecule has 0 spiro atoms. The highest BCUT2D eigenvalue weighted by Gasteiger charge is 2.27. The van der Waals surface area contributed by atoms with Crippen LogP contribution in [0.1, 0.15) is 25.7 Å². The zero-order chi connectivity index (χ0) is 10.8. The van der Waals surface area contributed by atoms with Gasteiger partial charge in [0.2, 0.25) is 0 Å². The van der Waals surface area contributed by atoms with Gasteiger partial charge in [0.15, 0.2) is 0 Å². The lowest BCUT2D eigenvalue weighted by molar-refractivity contribution is 0.420. The van der Waals surface area contributed by atoms with Gasteiger partial charge in [0.05, 0.1) is 11.9 Å². The Balaban J connectivity index is 1.62. The van der Waals surface area contributed by atoms with Crippen molar-refractivity contribution in [2.45, 2.75) is 37.8 Å². The number of piperidine rings is 1. The van der Waals surface area contributed by atoms with Crippen molar-refractivity contribution in [3.63, 3.8) is 0 Å². The number of hydrogen-bond donors (Lipinski definition) is 1. The molecule has 2 heterocycles. The number of rotatable bonds is 3. The Morgan fingerprint density at radius 1 is 1.25 bits per heavy atom. The molecule has 1 unspecified atom stereocenters. The predicted octanol–water partition coefficient (Wildman–Crippen LogP) is 1.80. The minimum absolute atomic E-state index is 0.682. The molecule has 1 aliphatic carbocycles.